The van der Waals surface area contributed by atoms with E-state index in [1.807, 2.05) is 0 Å². The molecule has 0 amide bonds. The molecule has 18 heavy (non-hydrogen) atoms. The van der Waals surface area contributed by atoms with Crippen molar-refractivity contribution in [3.05, 3.63) is 0 Å². The molecule has 1 aliphatic heterocycles. The lowest BCUT2D eigenvalue weighted by Crippen LogP contribution is -2.44. The van der Waals surface area contributed by atoms with Gasteiger partial charge in [0.25, 0.3) is 0 Å². The molecule has 1 saturated carbocycles. The van der Waals surface area contributed by atoms with E-state index in [-0.39, 0.29) is 5.60 Å². The van der Waals surface area contributed by atoms with Gasteiger partial charge in [0.2, 0.25) is 0 Å². The van der Waals surface area contributed by atoms with Gasteiger partial charge in [0.15, 0.2) is 0 Å². The standard InChI is InChI=1S/C15H30N2O/c1-4-17(14-7-5-6-12(14)10-16)11-13-8-9-15(2,3)18-13/h12-14H,4-11,16H2,1-3H3. The van der Waals surface area contributed by atoms with Crippen molar-refractivity contribution >= 4 is 0 Å². The Balaban J connectivity index is 1.89. The summed E-state index contributed by atoms with van der Waals surface area (Å²) >= 11 is 0. The Labute approximate surface area is 112 Å². The van der Waals surface area contributed by atoms with Gasteiger partial charge in [0.05, 0.1) is 11.7 Å². The molecule has 3 unspecified atom stereocenters. The topological polar surface area (TPSA) is 38.5 Å². The van der Waals surface area contributed by atoms with E-state index in [9.17, 15) is 0 Å². The molecule has 0 aromatic heterocycles. The van der Waals surface area contributed by atoms with Crippen molar-refractivity contribution in [1.82, 2.24) is 4.90 Å². The molecule has 3 atom stereocenters. The van der Waals surface area contributed by atoms with E-state index in [1.165, 1.54) is 32.1 Å². The van der Waals surface area contributed by atoms with Crippen LogP contribution in [0.5, 0.6) is 0 Å². The molecule has 106 valence electrons. The molecule has 2 rings (SSSR count). The molecule has 0 spiro atoms. The number of rotatable bonds is 5. The monoisotopic (exact) mass is 254 g/mol. The van der Waals surface area contributed by atoms with Crippen molar-refractivity contribution in [2.24, 2.45) is 11.7 Å². The maximum atomic E-state index is 6.14. The van der Waals surface area contributed by atoms with Crippen LogP contribution < -0.4 is 5.73 Å². The van der Waals surface area contributed by atoms with Crippen LogP contribution in [0.25, 0.3) is 0 Å². The smallest absolute Gasteiger partial charge is 0.0710 e. The molecule has 2 N–H and O–H groups in total. The van der Waals surface area contributed by atoms with Crippen LogP contribution in [0.3, 0.4) is 0 Å². The van der Waals surface area contributed by atoms with Crippen LogP contribution in [0.2, 0.25) is 0 Å². The van der Waals surface area contributed by atoms with Crippen molar-refractivity contribution in [1.29, 1.82) is 0 Å². The van der Waals surface area contributed by atoms with Gasteiger partial charge in [-0.3, -0.25) is 4.90 Å². The maximum Gasteiger partial charge on any atom is 0.0710 e. The Kier molecular flexibility index (Phi) is 4.68. The molecule has 3 nitrogen and oxygen atoms in total. The molecule has 1 saturated heterocycles. The Bertz CT molecular complexity index is 267. The summed E-state index contributed by atoms with van der Waals surface area (Å²) in [5.74, 6) is 0.708. The second kappa shape index (κ2) is 5.89. The van der Waals surface area contributed by atoms with Crippen molar-refractivity contribution in [3.8, 4) is 0 Å². The highest BCUT2D eigenvalue weighted by Gasteiger charge is 2.36. The third-order valence-corrected chi connectivity index (χ3v) is 4.79. The summed E-state index contributed by atoms with van der Waals surface area (Å²) in [6.45, 7) is 9.76. The van der Waals surface area contributed by atoms with Gasteiger partial charge in [0, 0.05) is 12.6 Å². The van der Waals surface area contributed by atoms with Gasteiger partial charge in [-0.05, 0) is 58.5 Å². The molecule has 0 aromatic carbocycles. The normalized spacial score (nSPS) is 35.5. The van der Waals surface area contributed by atoms with E-state index in [0.29, 0.717) is 18.1 Å². The average molecular weight is 254 g/mol. The van der Waals surface area contributed by atoms with Crippen LogP contribution in [0, 0.1) is 5.92 Å². The molecule has 0 radical (unpaired) electrons. The fourth-order valence-electron chi connectivity index (χ4n) is 3.74. The fourth-order valence-corrected chi connectivity index (χ4v) is 3.74. The van der Waals surface area contributed by atoms with Crippen LogP contribution in [0.4, 0.5) is 0 Å². The Morgan fingerprint density at radius 1 is 1.28 bits per heavy atom. The molecule has 0 aromatic rings. The number of hydrogen-bond donors (Lipinski definition) is 1. The largest absolute Gasteiger partial charge is 0.371 e. The number of likely N-dealkylation sites (N-methyl/N-ethyl adjacent to an activating group) is 1. The zero-order valence-electron chi connectivity index (χ0n) is 12.3. The first-order chi connectivity index (χ1) is 8.55. The van der Waals surface area contributed by atoms with Crippen LogP contribution in [-0.2, 0) is 4.74 Å². The maximum absolute atomic E-state index is 6.14. The van der Waals surface area contributed by atoms with E-state index in [1.54, 1.807) is 0 Å². The number of hydrogen-bond acceptors (Lipinski definition) is 3. The van der Waals surface area contributed by atoms with Crippen molar-refractivity contribution < 1.29 is 4.74 Å². The fraction of sp³-hybridized carbons (Fsp3) is 1.00. The Morgan fingerprint density at radius 2 is 2.06 bits per heavy atom. The molecule has 1 aliphatic carbocycles. The first-order valence-corrected chi connectivity index (χ1v) is 7.67. The highest BCUT2D eigenvalue weighted by molar-refractivity contribution is 4.89. The number of nitrogens with zero attached hydrogens (tertiary/aromatic N) is 1. The number of ether oxygens (including phenoxy) is 1. The van der Waals surface area contributed by atoms with Gasteiger partial charge >= 0.3 is 0 Å². The Morgan fingerprint density at radius 3 is 2.61 bits per heavy atom. The third-order valence-electron chi connectivity index (χ3n) is 4.79. The van der Waals surface area contributed by atoms with Crippen molar-refractivity contribution in [2.75, 3.05) is 19.6 Å². The summed E-state index contributed by atoms with van der Waals surface area (Å²) in [5.41, 5.74) is 6.00. The van der Waals surface area contributed by atoms with Crippen molar-refractivity contribution in [2.45, 2.75) is 70.6 Å². The van der Waals surface area contributed by atoms with Gasteiger partial charge in [0.1, 0.15) is 0 Å². The van der Waals surface area contributed by atoms with Gasteiger partial charge < -0.3 is 10.5 Å². The van der Waals surface area contributed by atoms with E-state index in [0.717, 1.165) is 19.6 Å². The second-order valence-corrected chi connectivity index (χ2v) is 6.62. The molecular formula is C15H30N2O. The summed E-state index contributed by atoms with van der Waals surface area (Å²) < 4.78 is 6.14. The summed E-state index contributed by atoms with van der Waals surface area (Å²) in [5, 5.41) is 0. The van der Waals surface area contributed by atoms with Crippen LogP contribution in [0.15, 0.2) is 0 Å². The molecule has 3 heteroatoms. The zero-order chi connectivity index (χ0) is 13.2. The summed E-state index contributed by atoms with van der Waals surface area (Å²) in [6, 6.07) is 0.701. The average Bonchev–Trinajstić information content (AvgIpc) is 2.92. The SMILES string of the molecule is CCN(CC1CCC(C)(C)O1)C1CCCC1CN. The van der Waals surface area contributed by atoms with Gasteiger partial charge in [-0.1, -0.05) is 13.3 Å². The summed E-state index contributed by atoms with van der Waals surface area (Å²) in [7, 11) is 0. The molecule has 2 aliphatic rings. The predicted octanol–water partition coefficient (Wildman–Crippen LogP) is 2.39. The minimum Gasteiger partial charge on any atom is -0.371 e. The molecule has 0 bridgehead atoms. The van der Waals surface area contributed by atoms with Crippen LogP contribution in [-0.4, -0.2) is 42.3 Å². The lowest BCUT2D eigenvalue weighted by Gasteiger charge is -2.34. The molecular weight excluding hydrogens is 224 g/mol. The molecule has 1 heterocycles. The van der Waals surface area contributed by atoms with E-state index < -0.39 is 0 Å². The summed E-state index contributed by atoms with van der Waals surface area (Å²) in [4.78, 5) is 2.62. The number of nitrogens with two attached hydrogens (primary N) is 1. The lowest BCUT2D eigenvalue weighted by molar-refractivity contribution is -0.0349. The molecule has 2 fully saturated rings. The predicted molar refractivity (Wildman–Crippen MR) is 75.6 cm³/mol. The van der Waals surface area contributed by atoms with Gasteiger partial charge in [-0.25, -0.2) is 0 Å². The third kappa shape index (κ3) is 3.25. The second-order valence-electron chi connectivity index (χ2n) is 6.62. The Hall–Kier alpha value is -0.120. The lowest BCUT2D eigenvalue weighted by atomic mass is 10.0. The van der Waals surface area contributed by atoms with Gasteiger partial charge in [-0.2, -0.15) is 0 Å². The minimum absolute atomic E-state index is 0.0903. The van der Waals surface area contributed by atoms with Crippen molar-refractivity contribution in [3.63, 3.8) is 0 Å². The van der Waals surface area contributed by atoms with Gasteiger partial charge in [-0.15, -0.1) is 0 Å². The van der Waals surface area contributed by atoms with E-state index in [4.69, 9.17) is 10.5 Å². The van der Waals surface area contributed by atoms with E-state index in [2.05, 4.69) is 25.7 Å². The van der Waals surface area contributed by atoms with Crippen LogP contribution >= 0.6 is 0 Å². The first kappa shape index (κ1) is 14.3. The minimum atomic E-state index is 0.0903. The quantitative estimate of drug-likeness (QED) is 0.819. The summed E-state index contributed by atoms with van der Waals surface area (Å²) in [6.07, 6.45) is 6.82. The highest BCUT2D eigenvalue weighted by Crippen LogP contribution is 2.33. The highest BCUT2D eigenvalue weighted by atomic mass is 16.5. The van der Waals surface area contributed by atoms with E-state index >= 15 is 0 Å². The zero-order valence-corrected chi connectivity index (χ0v) is 12.3. The van der Waals surface area contributed by atoms with Crippen LogP contribution in [0.1, 0.15) is 52.9 Å². The first-order valence-electron chi connectivity index (χ1n) is 7.67.